The predicted octanol–water partition coefficient (Wildman–Crippen LogP) is 4.15. The number of ether oxygens (including phenoxy) is 1. The first-order valence-corrected chi connectivity index (χ1v) is 12.4. The van der Waals surface area contributed by atoms with Gasteiger partial charge in [-0.1, -0.05) is 13.8 Å². The second kappa shape index (κ2) is 12.2. The number of hydrogen-bond acceptors (Lipinski definition) is 10. The molecule has 0 bridgehead atoms. The Bertz CT molecular complexity index is 1460. The van der Waals surface area contributed by atoms with Gasteiger partial charge in [0.2, 0.25) is 5.88 Å². The Balaban J connectivity index is 1.65. The van der Waals surface area contributed by atoms with Crippen LogP contribution in [-0.2, 0) is 0 Å². The lowest BCUT2D eigenvalue weighted by molar-refractivity contribution is 0.254. The van der Waals surface area contributed by atoms with Crippen LogP contribution in [0.25, 0.3) is 22.3 Å². The van der Waals surface area contributed by atoms with Gasteiger partial charge in [-0.2, -0.15) is 5.10 Å². The molecule has 4 rings (SSSR count). The third kappa shape index (κ3) is 6.65. The molecule has 0 aliphatic heterocycles. The van der Waals surface area contributed by atoms with E-state index in [2.05, 4.69) is 44.3 Å². The smallest absolute Gasteiger partial charge is 0.213 e. The van der Waals surface area contributed by atoms with Crippen molar-refractivity contribution >= 4 is 40.2 Å². The van der Waals surface area contributed by atoms with Gasteiger partial charge in [0, 0.05) is 60.7 Å². The molecule has 0 aromatic carbocycles. The maximum atomic E-state index is 6.64. The lowest BCUT2D eigenvalue weighted by Crippen LogP contribution is -2.19. The molecular formula is C28H33N9O. The largest absolute Gasteiger partial charge is 0.476 e. The molecule has 0 spiro atoms. The molecule has 196 valence electrons. The van der Waals surface area contributed by atoms with Crippen LogP contribution in [0.4, 0.5) is 11.6 Å². The number of likely N-dealkylation sites (N-methyl/N-ethyl adjacent to an activating group) is 1. The summed E-state index contributed by atoms with van der Waals surface area (Å²) < 4.78 is 5.79. The molecule has 0 aliphatic rings. The van der Waals surface area contributed by atoms with E-state index in [1.165, 1.54) is 0 Å². The van der Waals surface area contributed by atoms with E-state index in [0.29, 0.717) is 41.3 Å². The lowest BCUT2D eigenvalue weighted by atomic mass is 10.0. The molecule has 0 unspecified atom stereocenters. The molecule has 0 radical (unpaired) electrons. The van der Waals surface area contributed by atoms with Crippen molar-refractivity contribution in [2.45, 2.75) is 19.8 Å². The molecule has 0 saturated heterocycles. The first-order valence-electron chi connectivity index (χ1n) is 12.4. The number of pyridine rings is 3. The average molecular weight is 512 g/mol. The number of rotatable bonds is 10. The fourth-order valence-electron chi connectivity index (χ4n) is 3.69. The molecule has 0 amide bonds. The molecule has 10 nitrogen and oxygen atoms in total. The predicted molar refractivity (Wildman–Crippen MR) is 153 cm³/mol. The SMILES string of the molecule is CN=CC(=C(N)c1ccnc(OCCN(C)C)c1)c1cnc2ccc(Nc3cc(C(C)C)cnn3)nc2c1. The molecule has 3 N–H and O–H groups in total. The van der Waals surface area contributed by atoms with Crippen LogP contribution >= 0.6 is 0 Å². The number of aromatic nitrogens is 5. The summed E-state index contributed by atoms with van der Waals surface area (Å²) in [6.45, 7) is 5.54. The minimum atomic E-state index is 0.347. The number of nitrogens with zero attached hydrogens (tertiary/aromatic N) is 7. The summed E-state index contributed by atoms with van der Waals surface area (Å²) >= 11 is 0. The van der Waals surface area contributed by atoms with Gasteiger partial charge >= 0.3 is 0 Å². The van der Waals surface area contributed by atoms with E-state index in [4.69, 9.17) is 15.5 Å². The number of fused-ring (bicyclic) bond motifs is 1. The lowest BCUT2D eigenvalue weighted by Gasteiger charge is -2.13. The van der Waals surface area contributed by atoms with Crippen molar-refractivity contribution in [1.82, 2.24) is 30.0 Å². The van der Waals surface area contributed by atoms with Crippen molar-refractivity contribution < 1.29 is 4.74 Å². The zero-order valence-electron chi connectivity index (χ0n) is 22.4. The van der Waals surface area contributed by atoms with E-state index >= 15 is 0 Å². The van der Waals surface area contributed by atoms with E-state index in [1.807, 2.05) is 55.4 Å². The van der Waals surface area contributed by atoms with Gasteiger partial charge in [-0.3, -0.25) is 9.98 Å². The van der Waals surface area contributed by atoms with Gasteiger partial charge in [-0.05, 0) is 55.9 Å². The normalized spacial score (nSPS) is 12.4. The van der Waals surface area contributed by atoms with Crippen molar-refractivity contribution in [2.24, 2.45) is 10.7 Å². The molecule has 0 fully saturated rings. The molecule has 4 heterocycles. The molecule has 0 aliphatic carbocycles. The Morgan fingerprint density at radius 1 is 1.05 bits per heavy atom. The van der Waals surface area contributed by atoms with Crippen LogP contribution in [0.2, 0.25) is 0 Å². The maximum absolute atomic E-state index is 6.64. The summed E-state index contributed by atoms with van der Waals surface area (Å²) in [6, 6.07) is 11.4. The number of aliphatic imine (C=N–C) groups is 1. The van der Waals surface area contributed by atoms with Crippen LogP contribution in [0.3, 0.4) is 0 Å². The first-order chi connectivity index (χ1) is 18.3. The van der Waals surface area contributed by atoms with Crippen LogP contribution in [0.15, 0.2) is 60.0 Å². The number of hydrogen-bond donors (Lipinski definition) is 2. The number of nitrogens with one attached hydrogen (secondary N) is 1. The third-order valence-electron chi connectivity index (χ3n) is 5.83. The van der Waals surface area contributed by atoms with Gasteiger partial charge in [0.25, 0.3) is 0 Å². The van der Waals surface area contributed by atoms with Gasteiger partial charge in [0.1, 0.15) is 12.4 Å². The number of anilines is 2. The first kappa shape index (κ1) is 26.6. The van der Waals surface area contributed by atoms with E-state index in [0.717, 1.165) is 34.3 Å². The standard InChI is InChI=1S/C28H33N9O/c1-18(2)20-13-26(36-33-16-20)35-25-7-6-23-24(34-25)12-21(15-32-23)22(17-30-3)28(29)19-8-9-31-27(14-19)38-11-10-37(4)5/h6-9,12-18H,10-11,29H2,1-5H3,(H,34,35,36). The summed E-state index contributed by atoms with van der Waals surface area (Å²) in [7, 11) is 5.69. The summed E-state index contributed by atoms with van der Waals surface area (Å²) in [5.41, 5.74) is 12.0. The Kier molecular flexibility index (Phi) is 8.55. The third-order valence-corrected chi connectivity index (χ3v) is 5.83. The summed E-state index contributed by atoms with van der Waals surface area (Å²) in [4.78, 5) is 20.0. The minimum Gasteiger partial charge on any atom is -0.476 e. The fraction of sp³-hybridized carbons (Fsp3) is 0.286. The van der Waals surface area contributed by atoms with Crippen LogP contribution in [0.5, 0.6) is 5.88 Å². The highest BCUT2D eigenvalue weighted by atomic mass is 16.5. The van der Waals surface area contributed by atoms with E-state index in [9.17, 15) is 0 Å². The summed E-state index contributed by atoms with van der Waals surface area (Å²) in [5, 5.41) is 11.5. The molecular weight excluding hydrogens is 478 g/mol. The Morgan fingerprint density at radius 2 is 1.89 bits per heavy atom. The van der Waals surface area contributed by atoms with Crippen molar-refractivity contribution in [3.05, 3.63) is 71.7 Å². The number of nitrogens with two attached hydrogens (primary N) is 1. The van der Waals surface area contributed by atoms with Crippen LogP contribution in [-0.4, -0.2) is 70.6 Å². The fourth-order valence-corrected chi connectivity index (χ4v) is 3.69. The quantitative estimate of drug-likeness (QED) is 0.302. The van der Waals surface area contributed by atoms with E-state index < -0.39 is 0 Å². The van der Waals surface area contributed by atoms with Crippen molar-refractivity contribution in [3.8, 4) is 5.88 Å². The van der Waals surface area contributed by atoms with Crippen molar-refractivity contribution in [3.63, 3.8) is 0 Å². The molecule has 38 heavy (non-hydrogen) atoms. The second-order valence-electron chi connectivity index (χ2n) is 9.36. The Hall–Kier alpha value is -4.44. The van der Waals surface area contributed by atoms with E-state index in [-0.39, 0.29) is 0 Å². The highest BCUT2D eigenvalue weighted by molar-refractivity contribution is 6.19. The highest BCUT2D eigenvalue weighted by Gasteiger charge is 2.12. The van der Waals surface area contributed by atoms with Crippen LogP contribution in [0.1, 0.15) is 36.5 Å². The summed E-state index contributed by atoms with van der Waals surface area (Å²) in [5.74, 6) is 2.14. The second-order valence-corrected chi connectivity index (χ2v) is 9.36. The van der Waals surface area contributed by atoms with Crippen LogP contribution < -0.4 is 15.8 Å². The summed E-state index contributed by atoms with van der Waals surface area (Å²) in [6.07, 6.45) is 6.95. The van der Waals surface area contributed by atoms with Gasteiger partial charge in [0.15, 0.2) is 5.82 Å². The Morgan fingerprint density at radius 3 is 2.66 bits per heavy atom. The van der Waals surface area contributed by atoms with Gasteiger partial charge < -0.3 is 20.7 Å². The molecule has 0 atom stereocenters. The van der Waals surface area contributed by atoms with Crippen molar-refractivity contribution in [1.29, 1.82) is 0 Å². The molecule has 0 saturated carbocycles. The Labute approximate surface area is 222 Å². The topological polar surface area (TPSA) is 127 Å². The van der Waals surface area contributed by atoms with Gasteiger partial charge in [-0.15, -0.1) is 5.10 Å². The molecule has 10 heteroatoms. The van der Waals surface area contributed by atoms with Gasteiger partial charge in [0.05, 0.1) is 17.2 Å². The number of allylic oxidation sites excluding steroid dienone is 1. The van der Waals surface area contributed by atoms with E-state index in [1.54, 1.807) is 31.9 Å². The van der Waals surface area contributed by atoms with Crippen molar-refractivity contribution in [2.75, 3.05) is 39.6 Å². The molecule has 4 aromatic heterocycles. The highest BCUT2D eigenvalue weighted by Crippen LogP contribution is 2.26. The van der Waals surface area contributed by atoms with Crippen LogP contribution in [0, 0.1) is 0 Å². The monoisotopic (exact) mass is 511 g/mol. The van der Waals surface area contributed by atoms with Gasteiger partial charge in [-0.25, -0.2) is 9.97 Å². The molecule has 4 aromatic rings. The zero-order valence-corrected chi connectivity index (χ0v) is 22.4. The maximum Gasteiger partial charge on any atom is 0.213 e. The zero-order chi connectivity index (χ0) is 27.1. The minimum absolute atomic E-state index is 0.347. The average Bonchev–Trinajstić information content (AvgIpc) is 2.91.